The number of hydrogen-bond acceptors (Lipinski definition) is 2. The van der Waals surface area contributed by atoms with E-state index in [9.17, 15) is 9.90 Å². The Hall–Kier alpha value is -1.35. The fraction of sp³-hybridized carbons (Fsp3) is 0.222. The number of rotatable bonds is 3. The van der Waals surface area contributed by atoms with Crippen molar-refractivity contribution in [2.75, 3.05) is 5.32 Å². The van der Waals surface area contributed by atoms with Crippen LogP contribution in [-0.4, -0.2) is 11.5 Å². The molecule has 1 amide bonds. The number of anilines is 1. The molecule has 0 heterocycles. The Morgan fingerprint density at radius 3 is 2.92 bits per heavy atom. The Morgan fingerprint density at radius 1 is 1.58 bits per heavy atom. The molecule has 0 spiro atoms. The third-order valence-electron chi connectivity index (χ3n) is 1.59. The SMILES string of the molecule is C[C@H](O)c1cccc(NC=O)c1. The van der Waals surface area contributed by atoms with Crippen molar-refractivity contribution in [3.8, 4) is 0 Å². The van der Waals surface area contributed by atoms with Gasteiger partial charge in [-0.25, -0.2) is 0 Å². The van der Waals surface area contributed by atoms with E-state index in [1.165, 1.54) is 0 Å². The Labute approximate surface area is 71.0 Å². The maximum Gasteiger partial charge on any atom is 0.211 e. The second kappa shape index (κ2) is 3.88. The maximum atomic E-state index is 10.1. The molecule has 12 heavy (non-hydrogen) atoms. The van der Waals surface area contributed by atoms with Gasteiger partial charge < -0.3 is 10.4 Å². The average Bonchev–Trinajstić information content (AvgIpc) is 2.05. The molecule has 3 nitrogen and oxygen atoms in total. The molecule has 0 aliphatic rings. The predicted octanol–water partition coefficient (Wildman–Crippen LogP) is 1.31. The Kier molecular flexibility index (Phi) is 2.82. The largest absolute Gasteiger partial charge is 0.389 e. The molecule has 0 fully saturated rings. The first kappa shape index (κ1) is 8.74. The highest BCUT2D eigenvalue weighted by Gasteiger charge is 1.99. The van der Waals surface area contributed by atoms with Crippen molar-refractivity contribution in [2.45, 2.75) is 13.0 Å². The zero-order valence-electron chi connectivity index (χ0n) is 6.82. The highest BCUT2D eigenvalue weighted by atomic mass is 16.3. The quantitative estimate of drug-likeness (QED) is 0.663. The number of nitrogens with one attached hydrogen (secondary N) is 1. The van der Waals surface area contributed by atoms with Gasteiger partial charge in [0.2, 0.25) is 6.41 Å². The summed E-state index contributed by atoms with van der Waals surface area (Å²) in [5.74, 6) is 0. The molecule has 1 aromatic carbocycles. The minimum absolute atomic E-state index is 0.501. The summed E-state index contributed by atoms with van der Waals surface area (Å²) in [6.45, 7) is 1.68. The highest BCUT2D eigenvalue weighted by Crippen LogP contribution is 2.16. The van der Waals surface area contributed by atoms with E-state index in [4.69, 9.17) is 0 Å². The normalized spacial score (nSPS) is 12.2. The molecule has 0 aliphatic carbocycles. The molecule has 0 unspecified atom stereocenters. The van der Waals surface area contributed by atoms with Gasteiger partial charge in [0.05, 0.1) is 6.10 Å². The van der Waals surface area contributed by atoms with Crippen molar-refractivity contribution in [2.24, 2.45) is 0 Å². The van der Waals surface area contributed by atoms with Gasteiger partial charge >= 0.3 is 0 Å². The lowest BCUT2D eigenvalue weighted by molar-refractivity contribution is -0.105. The average molecular weight is 165 g/mol. The van der Waals surface area contributed by atoms with Gasteiger partial charge in [0.15, 0.2) is 0 Å². The van der Waals surface area contributed by atoms with Crippen molar-refractivity contribution >= 4 is 12.1 Å². The van der Waals surface area contributed by atoms with Gasteiger partial charge in [-0.1, -0.05) is 12.1 Å². The van der Waals surface area contributed by atoms with Gasteiger partial charge in [-0.2, -0.15) is 0 Å². The van der Waals surface area contributed by atoms with Gasteiger partial charge in [-0.15, -0.1) is 0 Å². The van der Waals surface area contributed by atoms with E-state index in [1.807, 2.05) is 0 Å². The first-order valence-corrected chi connectivity index (χ1v) is 3.72. The number of aliphatic hydroxyl groups is 1. The van der Waals surface area contributed by atoms with E-state index >= 15 is 0 Å². The molecule has 0 bridgehead atoms. The first-order chi connectivity index (χ1) is 5.74. The number of benzene rings is 1. The van der Waals surface area contributed by atoms with Crippen molar-refractivity contribution in [1.29, 1.82) is 0 Å². The fourth-order valence-electron chi connectivity index (χ4n) is 0.956. The van der Waals surface area contributed by atoms with Crippen LogP contribution in [0.25, 0.3) is 0 Å². The fourth-order valence-corrected chi connectivity index (χ4v) is 0.956. The number of amides is 1. The van der Waals surface area contributed by atoms with Crippen LogP contribution < -0.4 is 5.32 Å². The Bertz CT molecular complexity index is 271. The highest BCUT2D eigenvalue weighted by molar-refractivity contribution is 5.71. The summed E-state index contributed by atoms with van der Waals surface area (Å²) in [7, 11) is 0. The van der Waals surface area contributed by atoms with E-state index in [-0.39, 0.29) is 0 Å². The lowest BCUT2D eigenvalue weighted by Gasteiger charge is -2.05. The molecular formula is C9H11NO2. The van der Waals surface area contributed by atoms with Crippen LogP contribution in [0.4, 0.5) is 5.69 Å². The van der Waals surface area contributed by atoms with E-state index in [0.717, 1.165) is 5.56 Å². The van der Waals surface area contributed by atoms with Crippen LogP contribution in [0.15, 0.2) is 24.3 Å². The zero-order chi connectivity index (χ0) is 8.97. The number of hydrogen-bond donors (Lipinski definition) is 2. The van der Waals surface area contributed by atoms with Gasteiger partial charge in [-0.05, 0) is 24.6 Å². The number of aliphatic hydroxyl groups excluding tert-OH is 1. The van der Waals surface area contributed by atoms with Crippen LogP contribution in [0.1, 0.15) is 18.6 Å². The molecule has 0 radical (unpaired) electrons. The van der Waals surface area contributed by atoms with Gasteiger partial charge in [-0.3, -0.25) is 4.79 Å². The minimum Gasteiger partial charge on any atom is -0.389 e. The van der Waals surface area contributed by atoms with E-state index in [1.54, 1.807) is 31.2 Å². The van der Waals surface area contributed by atoms with Crippen LogP contribution in [0, 0.1) is 0 Å². The van der Waals surface area contributed by atoms with Crippen LogP contribution in [0.3, 0.4) is 0 Å². The summed E-state index contributed by atoms with van der Waals surface area (Å²) >= 11 is 0. The predicted molar refractivity (Wildman–Crippen MR) is 46.8 cm³/mol. The van der Waals surface area contributed by atoms with Crippen LogP contribution in [0.5, 0.6) is 0 Å². The topological polar surface area (TPSA) is 49.3 Å². The molecule has 1 atom stereocenters. The summed E-state index contributed by atoms with van der Waals surface area (Å²) in [6, 6.07) is 7.09. The summed E-state index contributed by atoms with van der Waals surface area (Å²) in [5, 5.41) is 11.7. The number of carbonyl (C=O) groups is 1. The van der Waals surface area contributed by atoms with E-state index in [2.05, 4.69) is 5.32 Å². The summed E-state index contributed by atoms with van der Waals surface area (Å²) in [6.07, 6.45) is 0.111. The standard InChI is InChI=1S/C9H11NO2/c1-7(12)8-3-2-4-9(5-8)10-6-11/h2-7,12H,1H3,(H,10,11)/t7-/m0/s1. The van der Waals surface area contributed by atoms with Gasteiger partial charge in [0.25, 0.3) is 0 Å². The molecule has 0 aromatic heterocycles. The van der Waals surface area contributed by atoms with Crippen molar-refractivity contribution < 1.29 is 9.90 Å². The summed E-state index contributed by atoms with van der Waals surface area (Å²) < 4.78 is 0. The molecule has 64 valence electrons. The molecule has 1 rings (SSSR count). The first-order valence-electron chi connectivity index (χ1n) is 3.72. The van der Waals surface area contributed by atoms with Crippen LogP contribution >= 0.6 is 0 Å². The lowest BCUT2D eigenvalue weighted by Crippen LogP contribution is -1.96. The lowest BCUT2D eigenvalue weighted by atomic mass is 10.1. The minimum atomic E-state index is -0.501. The summed E-state index contributed by atoms with van der Waals surface area (Å²) in [5.41, 5.74) is 1.49. The smallest absolute Gasteiger partial charge is 0.211 e. The second-order valence-electron chi connectivity index (χ2n) is 2.56. The molecule has 2 N–H and O–H groups in total. The molecular weight excluding hydrogens is 154 g/mol. The van der Waals surface area contributed by atoms with Crippen LogP contribution in [-0.2, 0) is 4.79 Å². The monoisotopic (exact) mass is 165 g/mol. The van der Waals surface area contributed by atoms with Crippen molar-refractivity contribution in [1.82, 2.24) is 0 Å². The van der Waals surface area contributed by atoms with E-state index in [0.29, 0.717) is 12.1 Å². The van der Waals surface area contributed by atoms with Gasteiger partial charge in [0, 0.05) is 5.69 Å². The third-order valence-corrected chi connectivity index (χ3v) is 1.59. The van der Waals surface area contributed by atoms with Crippen molar-refractivity contribution in [3.63, 3.8) is 0 Å². The molecule has 0 saturated carbocycles. The van der Waals surface area contributed by atoms with Crippen molar-refractivity contribution in [3.05, 3.63) is 29.8 Å². The molecule has 3 heteroatoms. The van der Waals surface area contributed by atoms with Crippen LogP contribution in [0.2, 0.25) is 0 Å². The Balaban J connectivity index is 2.87. The molecule has 1 aromatic rings. The third kappa shape index (κ3) is 2.07. The van der Waals surface area contributed by atoms with E-state index < -0.39 is 6.10 Å². The molecule has 0 aliphatic heterocycles. The molecule has 0 saturated heterocycles. The number of carbonyl (C=O) groups excluding carboxylic acids is 1. The van der Waals surface area contributed by atoms with Gasteiger partial charge in [0.1, 0.15) is 0 Å². The zero-order valence-corrected chi connectivity index (χ0v) is 6.82. The maximum absolute atomic E-state index is 10.1. The summed E-state index contributed by atoms with van der Waals surface area (Å²) in [4.78, 5) is 10.1. The second-order valence-corrected chi connectivity index (χ2v) is 2.56. The Morgan fingerprint density at radius 2 is 2.33 bits per heavy atom.